The Kier molecular flexibility index (Phi) is 4.67. The predicted molar refractivity (Wildman–Crippen MR) is 87.4 cm³/mol. The van der Waals surface area contributed by atoms with Crippen molar-refractivity contribution >= 4 is 15.5 Å². The molecule has 130 valence electrons. The van der Waals surface area contributed by atoms with Crippen LogP contribution in [0.4, 0.5) is 5.69 Å². The van der Waals surface area contributed by atoms with Gasteiger partial charge < -0.3 is 9.84 Å². The third-order valence-corrected chi connectivity index (χ3v) is 5.40. The number of phenolic OH excluding ortho intramolecular Hbond substituents is 1. The van der Waals surface area contributed by atoms with E-state index in [1.807, 2.05) is 6.07 Å². The summed E-state index contributed by atoms with van der Waals surface area (Å²) < 4.78 is 30.5. The predicted octanol–water partition coefficient (Wildman–Crippen LogP) is 2.63. The van der Waals surface area contributed by atoms with Gasteiger partial charge in [0.2, 0.25) is 15.6 Å². The summed E-state index contributed by atoms with van der Waals surface area (Å²) >= 11 is 0. The fourth-order valence-electron chi connectivity index (χ4n) is 2.41. The van der Waals surface area contributed by atoms with E-state index in [0.717, 1.165) is 19.2 Å². The van der Waals surface area contributed by atoms with Crippen LogP contribution in [0.15, 0.2) is 34.1 Å². The molecular formula is C16H14N2O6S. The van der Waals surface area contributed by atoms with E-state index in [1.54, 1.807) is 13.8 Å². The SMILES string of the molecule is COc1cc(S(=O)(=O)c2cc(C)c(C#N)c(C)c2)cc([N+](=O)[O-])c1O. The highest BCUT2D eigenvalue weighted by molar-refractivity contribution is 7.91. The first-order valence-corrected chi connectivity index (χ1v) is 8.43. The summed E-state index contributed by atoms with van der Waals surface area (Å²) in [5.41, 5.74) is 0.538. The van der Waals surface area contributed by atoms with Crippen molar-refractivity contribution in [2.24, 2.45) is 0 Å². The van der Waals surface area contributed by atoms with Gasteiger partial charge in [-0.15, -0.1) is 0 Å². The Bertz CT molecular complexity index is 999. The zero-order valence-corrected chi connectivity index (χ0v) is 14.4. The molecule has 0 heterocycles. The van der Waals surface area contributed by atoms with Gasteiger partial charge in [0.1, 0.15) is 0 Å². The lowest BCUT2D eigenvalue weighted by molar-refractivity contribution is -0.386. The van der Waals surface area contributed by atoms with Crippen molar-refractivity contribution in [1.82, 2.24) is 0 Å². The second-order valence-electron chi connectivity index (χ2n) is 5.30. The van der Waals surface area contributed by atoms with E-state index < -0.39 is 31.1 Å². The quantitative estimate of drug-likeness (QED) is 0.653. The summed E-state index contributed by atoms with van der Waals surface area (Å²) in [6.45, 7) is 3.20. The van der Waals surface area contributed by atoms with Crippen LogP contribution in [0, 0.1) is 35.3 Å². The largest absolute Gasteiger partial charge is 0.500 e. The molecule has 0 saturated carbocycles. The van der Waals surface area contributed by atoms with Crippen LogP contribution in [0.2, 0.25) is 0 Å². The van der Waals surface area contributed by atoms with Crippen LogP contribution in [0.25, 0.3) is 0 Å². The number of methoxy groups -OCH3 is 1. The molecular weight excluding hydrogens is 348 g/mol. The molecule has 0 aliphatic carbocycles. The van der Waals surface area contributed by atoms with Gasteiger partial charge in [-0.25, -0.2) is 8.42 Å². The Morgan fingerprint density at radius 3 is 2.12 bits per heavy atom. The van der Waals surface area contributed by atoms with Gasteiger partial charge in [-0.3, -0.25) is 10.1 Å². The Morgan fingerprint density at radius 1 is 1.16 bits per heavy atom. The van der Waals surface area contributed by atoms with E-state index in [2.05, 4.69) is 0 Å². The van der Waals surface area contributed by atoms with Gasteiger partial charge in [0.25, 0.3) is 0 Å². The molecule has 0 amide bonds. The van der Waals surface area contributed by atoms with Crippen LogP contribution in [-0.4, -0.2) is 25.6 Å². The average molecular weight is 362 g/mol. The number of benzene rings is 2. The fraction of sp³-hybridized carbons (Fsp3) is 0.188. The minimum Gasteiger partial charge on any atom is -0.500 e. The Morgan fingerprint density at radius 2 is 1.68 bits per heavy atom. The van der Waals surface area contributed by atoms with Crippen molar-refractivity contribution in [2.45, 2.75) is 23.6 Å². The number of hydrogen-bond acceptors (Lipinski definition) is 7. The van der Waals surface area contributed by atoms with Gasteiger partial charge in [-0.05, 0) is 37.1 Å². The molecule has 0 aliphatic rings. The summed E-state index contributed by atoms with van der Waals surface area (Å²) in [6, 6.07) is 6.43. The Labute approximate surface area is 144 Å². The fourth-order valence-corrected chi connectivity index (χ4v) is 3.87. The van der Waals surface area contributed by atoms with E-state index in [4.69, 9.17) is 10.00 Å². The second kappa shape index (κ2) is 6.41. The molecule has 2 aromatic carbocycles. The van der Waals surface area contributed by atoms with Crippen LogP contribution in [0.1, 0.15) is 16.7 Å². The van der Waals surface area contributed by atoms with Crippen LogP contribution in [-0.2, 0) is 9.84 Å². The molecule has 0 fully saturated rings. The lowest BCUT2D eigenvalue weighted by Gasteiger charge is -2.11. The van der Waals surface area contributed by atoms with Crippen LogP contribution in [0.3, 0.4) is 0 Å². The minimum atomic E-state index is -4.12. The summed E-state index contributed by atoms with van der Waals surface area (Å²) in [5, 5.41) is 29.9. The number of hydrogen-bond donors (Lipinski definition) is 1. The minimum absolute atomic E-state index is 0.108. The highest BCUT2D eigenvalue weighted by Gasteiger charge is 2.27. The van der Waals surface area contributed by atoms with Crippen molar-refractivity contribution < 1.29 is 23.2 Å². The van der Waals surface area contributed by atoms with E-state index in [9.17, 15) is 23.6 Å². The van der Waals surface area contributed by atoms with Crippen molar-refractivity contribution in [3.05, 3.63) is 51.1 Å². The maximum atomic E-state index is 12.8. The van der Waals surface area contributed by atoms with Gasteiger partial charge in [0.15, 0.2) is 5.75 Å². The van der Waals surface area contributed by atoms with Crippen LogP contribution in [0.5, 0.6) is 11.5 Å². The molecule has 0 spiro atoms. The van der Waals surface area contributed by atoms with E-state index in [1.165, 1.54) is 12.1 Å². The maximum Gasteiger partial charge on any atom is 0.315 e. The number of sulfone groups is 1. The summed E-state index contributed by atoms with van der Waals surface area (Å²) in [4.78, 5) is 9.66. The third kappa shape index (κ3) is 3.12. The Balaban J connectivity index is 2.75. The molecule has 1 N–H and O–H groups in total. The smallest absolute Gasteiger partial charge is 0.315 e. The van der Waals surface area contributed by atoms with Crippen molar-refractivity contribution in [2.75, 3.05) is 7.11 Å². The number of nitro benzene ring substituents is 1. The molecule has 0 bridgehead atoms. The van der Waals surface area contributed by atoms with Gasteiger partial charge in [0.05, 0.1) is 33.5 Å². The van der Waals surface area contributed by atoms with Gasteiger partial charge in [0, 0.05) is 12.1 Å². The van der Waals surface area contributed by atoms with Gasteiger partial charge in [-0.2, -0.15) is 5.26 Å². The number of aromatic hydroxyl groups is 1. The first kappa shape index (κ1) is 18.2. The monoisotopic (exact) mass is 362 g/mol. The molecule has 8 nitrogen and oxygen atoms in total. The molecule has 25 heavy (non-hydrogen) atoms. The van der Waals surface area contributed by atoms with Crippen molar-refractivity contribution in [3.63, 3.8) is 0 Å². The second-order valence-corrected chi connectivity index (χ2v) is 7.25. The number of nitriles is 1. The van der Waals surface area contributed by atoms with E-state index >= 15 is 0 Å². The standard InChI is InChI=1S/C16H14N2O6S/c1-9-4-11(5-10(2)13(9)8-17)25(22,23)12-6-14(18(20)21)16(19)15(7-12)24-3/h4-7,19H,1-3H3. The first-order valence-electron chi connectivity index (χ1n) is 6.95. The van der Waals surface area contributed by atoms with Crippen LogP contribution < -0.4 is 4.74 Å². The number of rotatable bonds is 4. The third-order valence-electron chi connectivity index (χ3n) is 3.68. The lowest BCUT2D eigenvalue weighted by Crippen LogP contribution is -2.06. The van der Waals surface area contributed by atoms with E-state index in [0.29, 0.717) is 16.7 Å². The molecule has 0 aromatic heterocycles. The molecule has 2 aromatic rings. The molecule has 2 rings (SSSR count). The van der Waals surface area contributed by atoms with E-state index in [-0.39, 0.29) is 10.6 Å². The lowest BCUT2D eigenvalue weighted by atomic mass is 10.0. The molecule has 0 aliphatic heterocycles. The Hall–Kier alpha value is -3.12. The maximum absolute atomic E-state index is 12.8. The average Bonchev–Trinajstić information content (AvgIpc) is 2.54. The summed E-state index contributed by atoms with van der Waals surface area (Å²) in [7, 11) is -2.96. The van der Waals surface area contributed by atoms with Crippen molar-refractivity contribution in [3.8, 4) is 17.6 Å². The molecule has 0 unspecified atom stereocenters. The number of phenols is 1. The number of ether oxygens (including phenoxy) is 1. The van der Waals surface area contributed by atoms with Crippen molar-refractivity contribution in [1.29, 1.82) is 5.26 Å². The first-order chi connectivity index (χ1) is 11.6. The topological polar surface area (TPSA) is 131 Å². The van der Waals surface area contributed by atoms with Gasteiger partial charge in [-0.1, -0.05) is 0 Å². The van der Waals surface area contributed by atoms with Gasteiger partial charge >= 0.3 is 5.69 Å². The molecule has 0 saturated heterocycles. The zero-order valence-electron chi connectivity index (χ0n) is 13.6. The number of aryl methyl sites for hydroxylation is 2. The number of nitro groups is 1. The summed E-state index contributed by atoms with van der Waals surface area (Å²) in [5.74, 6) is -1.08. The highest BCUT2D eigenvalue weighted by Crippen LogP contribution is 2.39. The highest BCUT2D eigenvalue weighted by atomic mass is 32.2. The molecule has 9 heteroatoms. The normalized spacial score (nSPS) is 11.0. The summed E-state index contributed by atoms with van der Waals surface area (Å²) in [6.07, 6.45) is 0. The zero-order chi connectivity index (χ0) is 18.9. The molecule has 0 atom stereocenters. The van der Waals surface area contributed by atoms with Crippen LogP contribution >= 0.6 is 0 Å². The molecule has 0 radical (unpaired) electrons. The number of nitrogens with zero attached hydrogens (tertiary/aromatic N) is 2.